The smallest absolute Gasteiger partial charge is 0.303 e. The predicted octanol–water partition coefficient (Wildman–Crippen LogP) is 3.67. The van der Waals surface area contributed by atoms with E-state index in [9.17, 15) is 19.2 Å². The molecule has 31 heavy (non-hydrogen) atoms. The summed E-state index contributed by atoms with van der Waals surface area (Å²) >= 11 is 0. The van der Waals surface area contributed by atoms with Gasteiger partial charge in [0.1, 0.15) is 6.04 Å². The molecule has 0 radical (unpaired) electrons. The first-order valence-electron chi connectivity index (χ1n) is 11.1. The number of nitrogens with one attached hydrogen (secondary N) is 1. The first kappa shape index (κ1) is 22.7. The molecule has 1 fully saturated rings. The van der Waals surface area contributed by atoms with Crippen LogP contribution in [-0.4, -0.2) is 39.7 Å². The average Bonchev–Trinajstić information content (AvgIpc) is 3.06. The maximum Gasteiger partial charge on any atom is 0.303 e. The van der Waals surface area contributed by atoms with E-state index in [4.69, 9.17) is 5.11 Å². The van der Waals surface area contributed by atoms with E-state index < -0.39 is 17.9 Å². The Labute approximate surface area is 182 Å². The van der Waals surface area contributed by atoms with Crippen LogP contribution in [0.25, 0.3) is 6.08 Å². The number of fused-ring (bicyclic) bond motifs is 1. The molecule has 3 amide bonds. The van der Waals surface area contributed by atoms with Crippen LogP contribution in [0.15, 0.2) is 24.3 Å². The van der Waals surface area contributed by atoms with Crippen LogP contribution in [0, 0.1) is 0 Å². The third-order valence-electron chi connectivity index (χ3n) is 5.93. The lowest BCUT2D eigenvalue weighted by Gasteiger charge is -2.29. The second kappa shape index (κ2) is 10.9. The monoisotopic (exact) mass is 426 g/mol. The van der Waals surface area contributed by atoms with E-state index in [2.05, 4.69) is 11.4 Å². The minimum absolute atomic E-state index is 0.150. The highest BCUT2D eigenvalue weighted by Crippen LogP contribution is 2.30. The molecule has 7 heteroatoms. The summed E-state index contributed by atoms with van der Waals surface area (Å²) in [6.07, 6.45) is 12.1. The van der Waals surface area contributed by atoms with E-state index in [1.54, 1.807) is 11.0 Å². The normalized spacial score (nSPS) is 18.5. The van der Waals surface area contributed by atoms with Crippen LogP contribution in [0.4, 0.5) is 0 Å². The van der Waals surface area contributed by atoms with Gasteiger partial charge in [0.05, 0.1) is 0 Å². The van der Waals surface area contributed by atoms with Gasteiger partial charge in [0.25, 0.3) is 5.91 Å². The highest BCUT2D eigenvalue weighted by Gasteiger charge is 2.39. The molecular formula is C24H30N2O5. The molecule has 0 bridgehead atoms. The fraction of sp³-hybridized carbons (Fsp3) is 0.500. The quantitative estimate of drug-likeness (QED) is 0.415. The number of piperidine rings is 1. The van der Waals surface area contributed by atoms with Crippen molar-refractivity contribution in [3.05, 3.63) is 41.0 Å². The zero-order valence-electron chi connectivity index (χ0n) is 17.8. The summed E-state index contributed by atoms with van der Waals surface area (Å²) in [5, 5.41) is 11.0. The van der Waals surface area contributed by atoms with Crippen molar-refractivity contribution in [3.8, 4) is 0 Å². The third kappa shape index (κ3) is 6.03. The number of unbranched alkanes of at least 4 members (excludes halogenated alkanes) is 6. The third-order valence-corrected chi connectivity index (χ3v) is 5.93. The van der Waals surface area contributed by atoms with E-state index in [0.717, 1.165) is 56.1 Å². The van der Waals surface area contributed by atoms with Gasteiger partial charge in [0, 0.05) is 24.9 Å². The molecule has 1 aromatic rings. The molecule has 0 aliphatic carbocycles. The van der Waals surface area contributed by atoms with Crippen molar-refractivity contribution < 1.29 is 24.3 Å². The van der Waals surface area contributed by atoms with Crippen LogP contribution in [0.2, 0.25) is 0 Å². The van der Waals surface area contributed by atoms with Crippen molar-refractivity contribution in [2.45, 2.75) is 76.8 Å². The summed E-state index contributed by atoms with van der Waals surface area (Å²) in [6.45, 7) is 0.386. The van der Waals surface area contributed by atoms with E-state index in [1.165, 1.54) is 0 Å². The summed E-state index contributed by atoms with van der Waals surface area (Å²) in [5.41, 5.74) is 2.56. The van der Waals surface area contributed by atoms with Gasteiger partial charge in [-0.25, -0.2) is 0 Å². The topological polar surface area (TPSA) is 104 Å². The molecular weight excluding hydrogens is 396 g/mol. The maximum absolute atomic E-state index is 12.8. The molecule has 166 valence electrons. The molecule has 0 spiro atoms. The summed E-state index contributed by atoms with van der Waals surface area (Å²) in [7, 11) is 0. The van der Waals surface area contributed by atoms with Crippen LogP contribution in [-0.2, 0) is 20.9 Å². The second-order valence-corrected chi connectivity index (χ2v) is 8.23. The Morgan fingerprint density at radius 2 is 1.84 bits per heavy atom. The molecule has 1 saturated heterocycles. The SMILES string of the molecule is O=C(O)CCCCCCCC/C=C\c1cccc2c1CN(C1CCC(=O)NC1=O)C2=O. The first-order chi connectivity index (χ1) is 15.0. The number of allylic oxidation sites excluding steroid dienone is 1. The molecule has 3 rings (SSSR count). The van der Waals surface area contributed by atoms with Crippen molar-refractivity contribution in [1.29, 1.82) is 0 Å². The second-order valence-electron chi connectivity index (χ2n) is 8.23. The lowest BCUT2D eigenvalue weighted by molar-refractivity contribution is -0.138. The van der Waals surface area contributed by atoms with Gasteiger partial charge in [-0.3, -0.25) is 24.5 Å². The summed E-state index contributed by atoms with van der Waals surface area (Å²) in [5.74, 6) is -1.55. The first-order valence-corrected chi connectivity index (χ1v) is 11.1. The average molecular weight is 427 g/mol. The van der Waals surface area contributed by atoms with Crippen molar-refractivity contribution >= 4 is 29.8 Å². The lowest BCUT2D eigenvalue weighted by Crippen LogP contribution is -2.52. The standard InChI is InChI=1S/C24H30N2O5/c27-21-15-14-20(23(30)25-21)26-16-19-17(11-9-12-18(19)24(26)31)10-7-5-3-1-2-4-6-8-13-22(28)29/h7,9-12,20H,1-6,8,13-16H2,(H,28,29)(H,25,27,30)/b10-7-. The number of hydrogen-bond acceptors (Lipinski definition) is 4. The molecule has 0 saturated carbocycles. The largest absolute Gasteiger partial charge is 0.481 e. The van der Waals surface area contributed by atoms with Crippen LogP contribution in [0.5, 0.6) is 0 Å². The van der Waals surface area contributed by atoms with E-state index >= 15 is 0 Å². The van der Waals surface area contributed by atoms with Crippen LogP contribution in [0.1, 0.15) is 85.7 Å². The van der Waals surface area contributed by atoms with Crippen molar-refractivity contribution in [3.63, 3.8) is 0 Å². The molecule has 0 aromatic heterocycles. The van der Waals surface area contributed by atoms with Gasteiger partial charge in [-0.1, -0.05) is 50.0 Å². The van der Waals surface area contributed by atoms with Gasteiger partial charge in [0.15, 0.2) is 0 Å². The number of carboxylic acids is 1. The van der Waals surface area contributed by atoms with Gasteiger partial charge in [-0.05, 0) is 42.9 Å². The van der Waals surface area contributed by atoms with Crippen LogP contribution < -0.4 is 5.32 Å². The summed E-state index contributed by atoms with van der Waals surface area (Å²) in [4.78, 5) is 48.5. The zero-order valence-corrected chi connectivity index (χ0v) is 17.8. The number of carboxylic acid groups (broad SMARTS) is 1. The van der Waals surface area contributed by atoms with Gasteiger partial charge in [-0.15, -0.1) is 0 Å². The predicted molar refractivity (Wildman–Crippen MR) is 116 cm³/mol. The Bertz CT molecular complexity index is 877. The Morgan fingerprint density at radius 3 is 2.58 bits per heavy atom. The summed E-state index contributed by atoms with van der Waals surface area (Å²) < 4.78 is 0. The molecule has 2 aliphatic rings. The number of carbonyl (C=O) groups excluding carboxylic acids is 3. The Hall–Kier alpha value is -2.96. The Balaban J connectivity index is 1.47. The molecule has 7 nitrogen and oxygen atoms in total. The van der Waals surface area contributed by atoms with Gasteiger partial charge in [0.2, 0.25) is 11.8 Å². The number of hydrogen-bond donors (Lipinski definition) is 2. The molecule has 1 unspecified atom stereocenters. The molecule has 1 atom stereocenters. The molecule has 2 heterocycles. The number of rotatable bonds is 11. The van der Waals surface area contributed by atoms with Crippen LogP contribution >= 0.6 is 0 Å². The summed E-state index contributed by atoms with van der Waals surface area (Å²) in [6, 6.07) is 5.05. The maximum atomic E-state index is 12.8. The molecule has 2 N–H and O–H groups in total. The highest BCUT2D eigenvalue weighted by molar-refractivity contribution is 6.05. The van der Waals surface area contributed by atoms with Crippen LogP contribution in [0.3, 0.4) is 0 Å². The van der Waals surface area contributed by atoms with Crippen molar-refractivity contribution in [1.82, 2.24) is 10.2 Å². The molecule has 1 aromatic carbocycles. The van der Waals surface area contributed by atoms with Gasteiger partial charge in [-0.2, -0.15) is 0 Å². The van der Waals surface area contributed by atoms with Crippen molar-refractivity contribution in [2.75, 3.05) is 0 Å². The number of imide groups is 1. The van der Waals surface area contributed by atoms with E-state index in [0.29, 0.717) is 18.5 Å². The van der Waals surface area contributed by atoms with Crippen molar-refractivity contribution in [2.24, 2.45) is 0 Å². The fourth-order valence-corrected chi connectivity index (χ4v) is 4.22. The zero-order chi connectivity index (χ0) is 22.2. The minimum Gasteiger partial charge on any atom is -0.481 e. The van der Waals surface area contributed by atoms with E-state index in [-0.39, 0.29) is 24.7 Å². The number of aliphatic carboxylic acids is 1. The number of carbonyl (C=O) groups is 4. The van der Waals surface area contributed by atoms with Gasteiger partial charge < -0.3 is 10.0 Å². The minimum atomic E-state index is -0.723. The Kier molecular flexibility index (Phi) is 7.98. The number of amides is 3. The van der Waals surface area contributed by atoms with E-state index in [1.807, 2.05) is 18.2 Å². The number of nitrogens with zero attached hydrogens (tertiary/aromatic N) is 1. The fourth-order valence-electron chi connectivity index (χ4n) is 4.22. The molecule has 2 aliphatic heterocycles. The number of benzene rings is 1. The lowest BCUT2D eigenvalue weighted by atomic mass is 10.0. The Morgan fingerprint density at radius 1 is 1.10 bits per heavy atom. The van der Waals surface area contributed by atoms with Gasteiger partial charge >= 0.3 is 5.97 Å². The highest BCUT2D eigenvalue weighted by atomic mass is 16.4.